The number of carbonyl (C=O) groups excluding carboxylic acids is 1. The van der Waals surface area contributed by atoms with Gasteiger partial charge in [0.2, 0.25) is 0 Å². The number of piperidine rings is 1. The number of Topliss-reactive ketones (excluding diaryl/α,β-unsaturated/α-hetero) is 1. The second-order valence-electron chi connectivity index (χ2n) is 6.77. The van der Waals surface area contributed by atoms with E-state index in [0.717, 1.165) is 12.5 Å². The minimum absolute atomic E-state index is 0.0228. The molecule has 2 bridgehead atoms. The van der Waals surface area contributed by atoms with Crippen molar-refractivity contribution in [1.29, 1.82) is 5.26 Å². The number of nitriles is 1. The number of nitrogens with two attached hydrogens (primary N) is 1. The number of nitrogens with zero attached hydrogens (tertiary/aromatic N) is 1. The molecule has 1 aromatic carbocycles. The van der Waals surface area contributed by atoms with Crippen molar-refractivity contribution in [3.8, 4) is 6.07 Å². The van der Waals surface area contributed by atoms with Gasteiger partial charge in [-0.05, 0) is 37.3 Å². The minimum Gasteiger partial charge on any atom is -0.327 e. The van der Waals surface area contributed by atoms with Gasteiger partial charge >= 0.3 is 0 Å². The molecule has 1 saturated carbocycles. The summed E-state index contributed by atoms with van der Waals surface area (Å²) >= 11 is 0. The molecule has 2 aliphatic rings. The monoisotopic (exact) mass is 337 g/mol. The Morgan fingerprint density at radius 2 is 2.08 bits per heavy atom. The Bertz CT molecular complexity index is 718. The van der Waals surface area contributed by atoms with Crippen molar-refractivity contribution in [2.45, 2.75) is 50.2 Å². The molecule has 1 aliphatic carbocycles. The average Bonchev–Trinajstić information content (AvgIpc) is 3.11. The largest absolute Gasteiger partial charge is 0.327 e. The van der Waals surface area contributed by atoms with Crippen molar-refractivity contribution < 1.29 is 18.0 Å². The topological polar surface area (TPSA) is 78.9 Å². The van der Waals surface area contributed by atoms with E-state index in [0.29, 0.717) is 18.9 Å². The molecular formula is C17H18F3N3O. The van der Waals surface area contributed by atoms with Crippen LogP contribution in [0.2, 0.25) is 0 Å². The van der Waals surface area contributed by atoms with E-state index in [1.54, 1.807) is 0 Å². The summed E-state index contributed by atoms with van der Waals surface area (Å²) in [6.07, 6.45) is 2.02. The number of benzene rings is 1. The molecule has 0 radical (unpaired) electrons. The highest BCUT2D eigenvalue weighted by Gasteiger charge is 2.56. The lowest BCUT2D eigenvalue weighted by Gasteiger charge is -2.30. The molecule has 7 heteroatoms. The van der Waals surface area contributed by atoms with Crippen molar-refractivity contribution in [3.63, 3.8) is 0 Å². The van der Waals surface area contributed by atoms with E-state index in [2.05, 4.69) is 11.4 Å². The molecule has 3 rings (SSSR count). The number of nitrogens with one attached hydrogen (secondary N) is 1. The van der Waals surface area contributed by atoms with Crippen molar-refractivity contribution in [2.24, 2.45) is 11.1 Å². The first-order valence-electron chi connectivity index (χ1n) is 7.93. The van der Waals surface area contributed by atoms with Gasteiger partial charge in [-0.2, -0.15) is 5.26 Å². The normalized spacial score (nSPS) is 29.5. The lowest BCUT2D eigenvalue weighted by molar-refractivity contribution is -0.129. The Kier molecular flexibility index (Phi) is 4.37. The standard InChI is InChI=1S/C17H18F3N3O/c18-12-6-14(20)13(19)4-9(12)3-10(22)5-16(24)17-2-1-11(7-17)23-15(17)8-21/h4,6,10-11,15,23H,1-3,5,7,22H2/t10-,11?,15?,17?/m1/s1. The molecular weight excluding hydrogens is 319 g/mol. The first-order chi connectivity index (χ1) is 11.4. The van der Waals surface area contributed by atoms with Gasteiger partial charge in [-0.1, -0.05) is 0 Å². The zero-order chi connectivity index (χ0) is 17.5. The highest BCUT2D eigenvalue weighted by atomic mass is 19.2. The number of halogens is 3. The molecule has 4 atom stereocenters. The van der Waals surface area contributed by atoms with Gasteiger partial charge in [-0.3, -0.25) is 10.1 Å². The Morgan fingerprint density at radius 1 is 1.38 bits per heavy atom. The van der Waals surface area contributed by atoms with Crippen LogP contribution in [0.3, 0.4) is 0 Å². The van der Waals surface area contributed by atoms with E-state index in [4.69, 9.17) is 5.73 Å². The van der Waals surface area contributed by atoms with Crippen LogP contribution in [0.1, 0.15) is 31.2 Å². The quantitative estimate of drug-likeness (QED) is 0.805. The van der Waals surface area contributed by atoms with Crippen molar-refractivity contribution >= 4 is 5.78 Å². The maximum absolute atomic E-state index is 13.7. The second kappa shape index (κ2) is 6.19. The third-order valence-corrected chi connectivity index (χ3v) is 5.21. The highest BCUT2D eigenvalue weighted by molar-refractivity contribution is 5.87. The van der Waals surface area contributed by atoms with Crippen LogP contribution >= 0.6 is 0 Å². The molecule has 1 aliphatic heterocycles. The van der Waals surface area contributed by atoms with Crippen LogP contribution in [-0.4, -0.2) is 23.9 Å². The molecule has 1 saturated heterocycles. The van der Waals surface area contributed by atoms with Gasteiger partial charge in [-0.25, -0.2) is 13.2 Å². The summed E-state index contributed by atoms with van der Waals surface area (Å²) in [7, 11) is 0. The Balaban J connectivity index is 1.69. The van der Waals surface area contributed by atoms with Crippen molar-refractivity contribution in [1.82, 2.24) is 5.32 Å². The number of hydrogen-bond donors (Lipinski definition) is 2. The van der Waals surface area contributed by atoms with Crippen LogP contribution in [0, 0.1) is 34.2 Å². The fourth-order valence-corrected chi connectivity index (χ4v) is 3.97. The SMILES string of the molecule is N#CC1NC2CCC1(C(=O)C[C@H](N)Cc1cc(F)c(F)cc1F)C2. The van der Waals surface area contributed by atoms with Gasteiger partial charge in [0.25, 0.3) is 0 Å². The van der Waals surface area contributed by atoms with Gasteiger partial charge < -0.3 is 5.73 Å². The van der Waals surface area contributed by atoms with Crippen LogP contribution < -0.4 is 11.1 Å². The molecule has 1 heterocycles. The summed E-state index contributed by atoms with van der Waals surface area (Å²) in [6.45, 7) is 0. The summed E-state index contributed by atoms with van der Waals surface area (Å²) in [5, 5.41) is 12.4. The van der Waals surface area contributed by atoms with E-state index in [9.17, 15) is 23.2 Å². The highest BCUT2D eigenvalue weighted by Crippen LogP contribution is 2.48. The van der Waals surface area contributed by atoms with Gasteiger partial charge in [0.05, 0.1) is 11.5 Å². The summed E-state index contributed by atoms with van der Waals surface area (Å²) < 4.78 is 39.9. The zero-order valence-corrected chi connectivity index (χ0v) is 13.0. The van der Waals surface area contributed by atoms with Crippen LogP contribution in [0.25, 0.3) is 0 Å². The lowest BCUT2D eigenvalue weighted by Crippen LogP contribution is -2.46. The maximum Gasteiger partial charge on any atom is 0.161 e. The Morgan fingerprint density at radius 3 is 2.75 bits per heavy atom. The molecule has 0 spiro atoms. The molecule has 4 nitrogen and oxygen atoms in total. The first-order valence-corrected chi connectivity index (χ1v) is 7.93. The summed E-state index contributed by atoms with van der Waals surface area (Å²) in [6, 6.07) is 2.33. The van der Waals surface area contributed by atoms with Crippen LogP contribution in [0.15, 0.2) is 12.1 Å². The van der Waals surface area contributed by atoms with Crippen LogP contribution in [0.4, 0.5) is 13.2 Å². The average molecular weight is 337 g/mol. The summed E-state index contributed by atoms with van der Waals surface area (Å²) in [5.41, 5.74) is 5.16. The summed E-state index contributed by atoms with van der Waals surface area (Å²) in [5.74, 6) is -3.40. The molecule has 0 aromatic heterocycles. The van der Waals surface area contributed by atoms with Gasteiger partial charge in [0.1, 0.15) is 17.6 Å². The predicted octanol–water partition coefficient (Wildman–Crippen LogP) is 1.97. The molecule has 0 amide bonds. The van der Waals surface area contributed by atoms with Gasteiger partial charge in [0.15, 0.2) is 11.6 Å². The fraction of sp³-hybridized carbons (Fsp3) is 0.529. The lowest BCUT2D eigenvalue weighted by atomic mass is 9.74. The Hall–Kier alpha value is -1.91. The number of carbonyl (C=O) groups is 1. The maximum atomic E-state index is 13.7. The van der Waals surface area contributed by atoms with Crippen molar-refractivity contribution in [2.75, 3.05) is 0 Å². The first kappa shape index (κ1) is 16.9. The molecule has 1 aromatic rings. The molecule has 2 fully saturated rings. The number of rotatable bonds is 5. The molecule has 3 unspecified atom stereocenters. The van der Waals surface area contributed by atoms with Gasteiger partial charge in [0, 0.05) is 24.6 Å². The summed E-state index contributed by atoms with van der Waals surface area (Å²) in [4.78, 5) is 12.7. The van der Waals surface area contributed by atoms with E-state index in [-0.39, 0.29) is 30.2 Å². The number of fused-ring (bicyclic) bond motifs is 2. The number of ketones is 1. The molecule has 3 N–H and O–H groups in total. The second-order valence-corrected chi connectivity index (χ2v) is 6.77. The van der Waals surface area contributed by atoms with Crippen molar-refractivity contribution in [3.05, 3.63) is 35.1 Å². The molecule has 128 valence electrons. The third kappa shape index (κ3) is 2.80. The fourth-order valence-electron chi connectivity index (χ4n) is 3.97. The third-order valence-electron chi connectivity index (χ3n) is 5.21. The van der Waals surface area contributed by atoms with E-state index >= 15 is 0 Å². The van der Waals surface area contributed by atoms with Crippen LogP contribution in [0.5, 0.6) is 0 Å². The minimum atomic E-state index is -1.26. The van der Waals surface area contributed by atoms with E-state index < -0.39 is 35.0 Å². The smallest absolute Gasteiger partial charge is 0.161 e. The number of hydrogen-bond acceptors (Lipinski definition) is 4. The van der Waals surface area contributed by atoms with Gasteiger partial charge in [-0.15, -0.1) is 0 Å². The predicted molar refractivity (Wildman–Crippen MR) is 80.2 cm³/mol. The molecule has 24 heavy (non-hydrogen) atoms. The van der Waals surface area contributed by atoms with E-state index in [1.807, 2.05) is 0 Å². The zero-order valence-electron chi connectivity index (χ0n) is 13.0. The van der Waals surface area contributed by atoms with Crippen LogP contribution in [-0.2, 0) is 11.2 Å². The Labute approximate surface area is 137 Å². The van der Waals surface area contributed by atoms with E-state index in [1.165, 1.54) is 0 Å².